The molecule has 0 saturated carbocycles. The molecule has 0 heterocycles. The zero-order valence-corrected chi connectivity index (χ0v) is 13.0. The smallest absolute Gasteiger partial charge is 0.132 e. The van der Waals surface area contributed by atoms with Gasteiger partial charge < -0.3 is 10.5 Å². The van der Waals surface area contributed by atoms with Gasteiger partial charge in [-0.2, -0.15) is 0 Å². The van der Waals surface area contributed by atoms with E-state index in [4.69, 9.17) is 10.5 Å². The summed E-state index contributed by atoms with van der Waals surface area (Å²) in [4.78, 5) is 0. The Morgan fingerprint density at radius 2 is 1.67 bits per heavy atom. The monoisotopic (exact) mass is 287 g/mol. The fourth-order valence-electron chi connectivity index (χ4n) is 2.16. The summed E-state index contributed by atoms with van der Waals surface area (Å²) in [5.41, 5.74) is 8.38. The van der Waals surface area contributed by atoms with Gasteiger partial charge >= 0.3 is 0 Å². The molecule has 2 aromatic carbocycles. The molecule has 2 rings (SSSR count). The predicted molar refractivity (Wildman–Crippen MR) is 84.3 cm³/mol. The maximum Gasteiger partial charge on any atom is 0.132 e. The maximum absolute atomic E-state index is 13.7. The molecule has 1 atom stereocenters. The molecule has 0 radical (unpaired) electrons. The highest BCUT2D eigenvalue weighted by Gasteiger charge is 2.13. The summed E-state index contributed by atoms with van der Waals surface area (Å²) in [6, 6.07) is 10.8. The Hall–Kier alpha value is -1.87. The highest BCUT2D eigenvalue weighted by molar-refractivity contribution is 5.43. The maximum atomic E-state index is 13.7. The fraction of sp³-hybridized carbons (Fsp3) is 0.333. The minimum atomic E-state index is -0.287. The molecule has 0 unspecified atom stereocenters. The lowest BCUT2D eigenvalue weighted by Crippen LogP contribution is -2.08. The van der Waals surface area contributed by atoms with Crippen LogP contribution in [0.5, 0.6) is 11.5 Å². The highest BCUT2D eigenvalue weighted by Crippen LogP contribution is 2.31. The van der Waals surface area contributed by atoms with Gasteiger partial charge in [0.2, 0.25) is 0 Å². The van der Waals surface area contributed by atoms with Gasteiger partial charge in [-0.1, -0.05) is 26.0 Å². The quantitative estimate of drug-likeness (QED) is 0.852. The minimum absolute atomic E-state index is 0.259. The normalized spacial score (nSPS) is 12.5. The van der Waals surface area contributed by atoms with Crippen LogP contribution in [0.1, 0.15) is 49.4 Å². The van der Waals surface area contributed by atoms with Crippen LogP contribution < -0.4 is 10.5 Å². The molecule has 0 amide bonds. The number of nitrogens with two attached hydrogens (primary N) is 1. The molecule has 0 fully saturated rings. The molecule has 0 aliphatic rings. The largest absolute Gasteiger partial charge is 0.457 e. The Kier molecular flexibility index (Phi) is 4.63. The summed E-state index contributed by atoms with van der Waals surface area (Å²) in [5, 5.41) is 0. The number of aryl methyl sites for hydroxylation is 1. The van der Waals surface area contributed by atoms with E-state index in [9.17, 15) is 4.39 Å². The molecule has 0 bridgehead atoms. The van der Waals surface area contributed by atoms with Gasteiger partial charge in [-0.05, 0) is 55.2 Å². The summed E-state index contributed by atoms with van der Waals surface area (Å²) < 4.78 is 19.6. The molecule has 21 heavy (non-hydrogen) atoms. The average Bonchev–Trinajstić information content (AvgIpc) is 2.43. The van der Waals surface area contributed by atoms with Crippen molar-refractivity contribution in [3.63, 3.8) is 0 Å². The molecule has 3 heteroatoms. The molecule has 0 aliphatic heterocycles. The first-order valence-corrected chi connectivity index (χ1v) is 7.22. The van der Waals surface area contributed by atoms with Crippen molar-refractivity contribution in [2.75, 3.05) is 0 Å². The van der Waals surface area contributed by atoms with Crippen LogP contribution >= 0.6 is 0 Å². The van der Waals surface area contributed by atoms with E-state index in [0.29, 0.717) is 22.8 Å². The van der Waals surface area contributed by atoms with Crippen LogP contribution in [0.3, 0.4) is 0 Å². The molecule has 0 saturated heterocycles. The van der Waals surface area contributed by atoms with Crippen LogP contribution in [0, 0.1) is 12.7 Å². The van der Waals surface area contributed by atoms with E-state index in [1.165, 1.54) is 11.6 Å². The number of benzene rings is 2. The molecule has 2 aromatic rings. The van der Waals surface area contributed by atoms with Crippen molar-refractivity contribution in [2.45, 2.75) is 39.7 Å². The lowest BCUT2D eigenvalue weighted by atomic mass is 10.0. The second-order valence-corrected chi connectivity index (χ2v) is 5.75. The zero-order chi connectivity index (χ0) is 15.6. The fourth-order valence-corrected chi connectivity index (χ4v) is 2.16. The zero-order valence-electron chi connectivity index (χ0n) is 13.0. The Morgan fingerprint density at radius 1 is 1.05 bits per heavy atom. The third-order valence-corrected chi connectivity index (χ3v) is 3.56. The number of rotatable bonds is 4. The van der Waals surface area contributed by atoms with Crippen molar-refractivity contribution in [2.24, 2.45) is 5.73 Å². The van der Waals surface area contributed by atoms with Crippen molar-refractivity contribution in [1.82, 2.24) is 0 Å². The van der Waals surface area contributed by atoms with Crippen LogP contribution in [0.25, 0.3) is 0 Å². The minimum Gasteiger partial charge on any atom is -0.457 e. The SMILES string of the molecule is Cc1cc(Oc2ccc(C(C)C)cc2)c([C@H](C)N)cc1F. The van der Waals surface area contributed by atoms with Gasteiger partial charge in [0, 0.05) is 11.6 Å². The molecular formula is C18H22FNO. The predicted octanol–water partition coefficient (Wildman–Crippen LogP) is 5.07. The third-order valence-electron chi connectivity index (χ3n) is 3.56. The summed E-state index contributed by atoms with van der Waals surface area (Å²) >= 11 is 0. The first kappa shape index (κ1) is 15.5. The topological polar surface area (TPSA) is 35.2 Å². The standard InChI is InChI=1S/C18H22FNO/c1-11(2)14-5-7-15(8-6-14)21-18-9-12(3)17(19)10-16(18)13(4)20/h5-11,13H,20H2,1-4H3/t13-/m0/s1. The highest BCUT2D eigenvalue weighted by atomic mass is 19.1. The van der Waals surface area contributed by atoms with E-state index >= 15 is 0 Å². The Labute approximate surface area is 125 Å². The van der Waals surface area contributed by atoms with Crippen LogP contribution in [0.2, 0.25) is 0 Å². The molecule has 0 spiro atoms. The van der Waals surface area contributed by atoms with Crippen LogP contribution in [-0.2, 0) is 0 Å². The summed E-state index contributed by atoms with van der Waals surface area (Å²) in [6.07, 6.45) is 0. The van der Waals surface area contributed by atoms with Crippen molar-refractivity contribution in [3.05, 3.63) is 58.9 Å². The Morgan fingerprint density at radius 3 is 2.19 bits per heavy atom. The summed E-state index contributed by atoms with van der Waals surface area (Å²) in [6.45, 7) is 7.83. The van der Waals surface area contributed by atoms with Crippen LogP contribution in [0.15, 0.2) is 36.4 Å². The van der Waals surface area contributed by atoms with Gasteiger partial charge in [-0.15, -0.1) is 0 Å². The number of hydrogen-bond donors (Lipinski definition) is 1. The van der Waals surface area contributed by atoms with E-state index in [2.05, 4.69) is 13.8 Å². The van der Waals surface area contributed by atoms with Crippen molar-refractivity contribution < 1.29 is 9.13 Å². The molecular weight excluding hydrogens is 265 g/mol. The van der Waals surface area contributed by atoms with E-state index in [-0.39, 0.29) is 11.9 Å². The number of hydrogen-bond acceptors (Lipinski definition) is 2. The second-order valence-electron chi connectivity index (χ2n) is 5.75. The molecule has 112 valence electrons. The van der Waals surface area contributed by atoms with E-state index < -0.39 is 0 Å². The van der Waals surface area contributed by atoms with Gasteiger partial charge in [0.25, 0.3) is 0 Å². The Bertz CT molecular complexity index is 618. The molecule has 2 nitrogen and oxygen atoms in total. The molecule has 0 aliphatic carbocycles. The van der Waals surface area contributed by atoms with Crippen molar-refractivity contribution in [3.8, 4) is 11.5 Å². The lowest BCUT2D eigenvalue weighted by molar-refractivity contribution is 0.468. The van der Waals surface area contributed by atoms with Gasteiger partial charge in [-0.25, -0.2) is 4.39 Å². The van der Waals surface area contributed by atoms with Gasteiger partial charge in [0.05, 0.1) is 0 Å². The van der Waals surface area contributed by atoms with Gasteiger partial charge in [-0.3, -0.25) is 0 Å². The van der Waals surface area contributed by atoms with Crippen molar-refractivity contribution >= 4 is 0 Å². The first-order valence-electron chi connectivity index (χ1n) is 7.22. The van der Waals surface area contributed by atoms with Crippen molar-refractivity contribution in [1.29, 1.82) is 0 Å². The summed E-state index contributed by atoms with van der Waals surface area (Å²) in [5.74, 6) is 1.56. The van der Waals surface area contributed by atoms with Gasteiger partial charge in [0.15, 0.2) is 0 Å². The third kappa shape index (κ3) is 3.61. The van der Waals surface area contributed by atoms with E-state index in [0.717, 1.165) is 5.75 Å². The summed E-state index contributed by atoms with van der Waals surface area (Å²) in [7, 11) is 0. The average molecular weight is 287 g/mol. The lowest BCUT2D eigenvalue weighted by Gasteiger charge is -2.15. The van der Waals surface area contributed by atoms with Crippen LogP contribution in [0.4, 0.5) is 4.39 Å². The molecule has 0 aromatic heterocycles. The Balaban J connectivity index is 2.32. The number of halogens is 1. The van der Waals surface area contributed by atoms with E-state index in [1.807, 2.05) is 31.2 Å². The molecule has 2 N–H and O–H groups in total. The van der Waals surface area contributed by atoms with Crippen LogP contribution in [-0.4, -0.2) is 0 Å². The second kappa shape index (κ2) is 6.27. The van der Waals surface area contributed by atoms with Gasteiger partial charge in [0.1, 0.15) is 17.3 Å². The van der Waals surface area contributed by atoms with E-state index in [1.54, 1.807) is 13.0 Å². The number of ether oxygens (including phenoxy) is 1. The first-order chi connectivity index (χ1) is 9.88.